The summed E-state index contributed by atoms with van der Waals surface area (Å²) in [7, 11) is -0.111. The number of benzene rings is 1. The number of carbonyl (C=O) groups is 1. The van der Waals surface area contributed by atoms with Crippen LogP contribution in [0.1, 0.15) is 56.9 Å². The second-order valence-corrected chi connectivity index (χ2v) is 12.2. The summed E-state index contributed by atoms with van der Waals surface area (Å²) in [4.78, 5) is 18.2. The lowest BCUT2D eigenvalue weighted by molar-refractivity contribution is -0.143. The topological polar surface area (TPSA) is 76.2 Å². The van der Waals surface area contributed by atoms with E-state index in [2.05, 4.69) is 4.90 Å². The average Bonchev–Trinajstić information content (AvgIpc) is 3.65. The van der Waals surface area contributed by atoms with Crippen LogP contribution >= 0.6 is 0 Å². The Kier molecular flexibility index (Phi) is 7.53. The van der Waals surface area contributed by atoms with Crippen LogP contribution in [0.5, 0.6) is 11.5 Å². The van der Waals surface area contributed by atoms with Gasteiger partial charge in [-0.2, -0.15) is 0 Å². The molecule has 4 rings (SSSR count). The second-order valence-electron chi connectivity index (χ2n) is 9.98. The molecular weight excluding hydrogens is 440 g/mol. The molecule has 8 heteroatoms. The van der Waals surface area contributed by atoms with E-state index in [1.54, 1.807) is 14.2 Å². The maximum absolute atomic E-state index is 14.0. The average molecular weight is 479 g/mol. The molecule has 0 spiro atoms. The van der Waals surface area contributed by atoms with Crippen molar-refractivity contribution in [3.05, 3.63) is 23.8 Å². The Morgan fingerprint density at radius 1 is 1.09 bits per heavy atom. The molecule has 2 saturated carbocycles. The van der Waals surface area contributed by atoms with Crippen LogP contribution < -0.4 is 9.47 Å². The normalized spacial score (nSPS) is 24.3. The van der Waals surface area contributed by atoms with Crippen LogP contribution in [0.25, 0.3) is 0 Å². The number of hydrogen-bond acceptors (Lipinski definition) is 6. The molecular formula is C25H38N2O5S. The number of nitrogens with zero attached hydrogens (tertiary/aromatic N) is 2. The quantitative estimate of drug-likeness (QED) is 0.542. The van der Waals surface area contributed by atoms with Gasteiger partial charge in [0, 0.05) is 43.1 Å². The molecule has 3 atom stereocenters. The molecule has 1 aliphatic heterocycles. The zero-order valence-electron chi connectivity index (χ0n) is 20.2. The van der Waals surface area contributed by atoms with Gasteiger partial charge < -0.3 is 14.4 Å². The minimum atomic E-state index is -3.35. The molecule has 1 heterocycles. The van der Waals surface area contributed by atoms with Crippen molar-refractivity contribution in [2.75, 3.05) is 32.8 Å². The third-order valence-electron chi connectivity index (χ3n) is 7.54. The number of sulfone groups is 1. The second kappa shape index (κ2) is 10.2. The monoisotopic (exact) mass is 478 g/mol. The van der Waals surface area contributed by atoms with Crippen LogP contribution in [0, 0.1) is 5.92 Å². The first-order chi connectivity index (χ1) is 15.8. The minimum Gasteiger partial charge on any atom is -0.497 e. The number of carbonyl (C=O) groups excluding carboxylic acids is 1. The molecule has 0 N–H and O–H groups in total. The molecule has 33 heavy (non-hydrogen) atoms. The number of amides is 1. The molecule has 1 aromatic carbocycles. The minimum absolute atomic E-state index is 0.00333. The first-order valence-electron chi connectivity index (χ1n) is 12.3. The van der Waals surface area contributed by atoms with Gasteiger partial charge >= 0.3 is 0 Å². The SMILES string of the molecule is COc1ccc(CN(C2CC2)C(CS(C)(=O)=O)C(=O)N2CCC[C@H]3CCCC[C@@H]32)c(OC)c1. The van der Waals surface area contributed by atoms with Crippen molar-refractivity contribution >= 4 is 15.7 Å². The van der Waals surface area contributed by atoms with Crippen LogP contribution in [0.2, 0.25) is 0 Å². The van der Waals surface area contributed by atoms with E-state index in [0.29, 0.717) is 24.0 Å². The predicted octanol–water partition coefficient (Wildman–Crippen LogP) is 3.26. The highest BCUT2D eigenvalue weighted by Gasteiger charge is 2.44. The highest BCUT2D eigenvalue weighted by molar-refractivity contribution is 7.90. The maximum atomic E-state index is 14.0. The van der Waals surface area contributed by atoms with Gasteiger partial charge in [0.15, 0.2) is 0 Å². The van der Waals surface area contributed by atoms with Crippen molar-refractivity contribution < 1.29 is 22.7 Å². The van der Waals surface area contributed by atoms with Crippen molar-refractivity contribution in [3.63, 3.8) is 0 Å². The Balaban J connectivity index is 1.63. The van der Waals surface area contributed by atoms with Gasteiger partial charge in [-0.1, -0.05) is 18.9 Å². The van der Waals surface area contributed by atoms with Crippen molar-refractivity contribution in [2.45, 2.75) is 76.0 Å². The van der Waals surface area contributed by atoms with Gasteiger partial charge in [0.25, 0.3) is 0 Å². The van der Waals surface area contributed by atoms with E-state index in [1.165, 1.54) is 25.5 Å². The standard InChI is InChI=1S/C25H38N2O5S/c1-31-21-13-10-19(24(15-21)32-2)16-27(20-11-12-20)23(17-33(3,29)30)25(28)26-14-6-8-18-7-4-5-9-22(18)26/h10,13,15,18,20,22-23H,4-9,11-12,14,16-17H2,1-3H3/t18-,22+,23?/m1/s1. The molecule has 1 amide bonds. The number of piperidine rings is 1. The summed E-state index contributed by atoms with van der Waals surface area (Å²) < 4.78 is 35.9. The highest BCUT2D eigenvalue weighted by atomic mass is 32.2. The van der Waals surface area contributed by atoms with E-state index in [-0.39, 0.29) is 23.7 Å². The lowest BCUT2D eigenvalue weighted by Crippen LogP contribution is -2.58. The van der Waals surface area contributed by atoms with Crippen molar-refractivity contribution in [3.8, 4) is 11.5 Å². The van der Waals surface area contributed by atoms with Gasteiger partial charge in [0.2, 0.25) is 5.91 Å². The van der Waals surface area contributed by atoms with Crippen molar-refractivity contribution in [1.29, 1.82) is 0 Å². The van der Waals surface area contributed by atoms with E-state index in [4.69, 9.17) is 9.47 Å². The highest BCUT2D eigenvalue weighted by Crippen LogP contribution is 2.38. The van der Waals surface area contributed by atoms with E-state index < -0.39 is 15.9 Å². The fourth-order valence-electron chi connectivity index (χ4n) is 5.76. The summed E-state index contributed by atoms with van der Waals surface area (Å²) in [5.41, 5.74) is 0.936. The number of hydrogen-bond donors (Lipinski definition) is 0. The molecule has 1 saturated heterocycles. The molecule has 3 aliphatic rings. The Bertz CT molecular complexity index is 944. The lowest BCUT2D eigenvalue weighted by Gasteiger charge is -2.46. The first-order valence-corrected chi connectivity index (χ1v) is 14.3. The van der Waals surface area contributed by atoms with Gasteiger partial charge in [-0.3, -0.25) is 9.69 Å². The summed E-state index contributed by atoms with van der Waals surface area (Å²) in [5, 5.41) is 0. The largest absolute Gasteiger partial charge is 0.497 e. The zero-order valence-corrected chi connectivity index (χ0v) is 21.0. The van der Waals surface area contributed by atoms with Crippen LogP contribution in [0.4, 0.5) is 0 Å². The lowest BCUT2D eigenvalue weighted by atomic mass is 9.78. The Hall–Kier alpha value is -1.80. The van der Waals surface area contributed by atoms with Crippen LogP contribution in [-0.2, 0) is 21.2 Å². The molecule has 0 radical (unpaired) electrons. The molecule has 7 nitrogen and oxygen atoms in total. The number of rotatable bonds is 9. The Morgan fingerprint density at radius 2 is 1.82 bits per heavy atom. The summed E-state index contributed by atoms with van der Waals surface area (Å²) in [6.07, 6.45) is 10.0. The first kappa shape index (κ1) is 24.3. The molecule has 0 aromatic heterocycles. The van der Waals surface area contributed by atoms with Crippen molar-refractivity contribution in [1.82, 2.24) is 9.80 Å². The van der Waals surface area contributed by atoms with Crippen LogP contribution in [0.3, 0.4) is 0 Å². The van der Waals surface area contributed by atoms with Gasteiger partial charge in [0.1, 0.15) is 27.4 Å². The van der Waals surface area contributed by atoms with Gasteiger partial charge in [0.05, 0.1) is 20.0 Å². The summed E-state index contributed by atoms with van der Waals surface area (Å²) in [5.74, 6) is 1.81. The smallest absolute Gasteiger partial charge is 0.241 e. The third-order valence-corrected chi connectivity index (χ3v) is 8.46. The molecule has 2 aliphatic carbocycles. The summed E-state index contributed by atoms with van der Waals surface area (Å²) in [6.45, 7) is 1.22. The van der Waals surface area contributed by atoms with Gasteiger partial charge in [-0.25, -0.2) is 8.42 Å². The van der Waals surface area contributed by atoms with E-state index in [9.17, 15) is 13.2 Å². The molecule has 3 fully saturated rings. The summed E-state index contributed by atoms with van der Waals surface area (Å²) in [6, 6.07) is 5.49. The molecule has 0 bridgehead atoms. The van der Waals surface area contributed by atoms with E-state index in [0.717, 1.165) is 44.2 Å². The van der Waals surface area contributed by atoms with Crippen molar-refractivity contribution in [2.24, 2.45) is 5.92 Å². The van der Waals surface area contributed by atoms with E-state index in [1.807, 2.05) is 23.1 Å². The molecule has 1 aromatic rings. The Morgan fingerprint density at radius 3 is 2.48 bits per heavy atom. The summed E-state index contributed by atoms with van der Waals surface area (Å²) >= 11 is 0. The molecule has 184 valence electrons. The van der Waals surface area contributed by atoms with Gasteiger partial charge in [-0.05, 0) is 50.5 Å². The predicted molar refractivity (Wildman–Crippen MR) is 128 cm³/mol. The van der Waals surface area contributed by atoms with E-state index >= 15 is 0 Å². The number of fused-ring (bicyclic) bond motifs is 1. The fraction of sp³-hybridized carbons (Fsp3) is 0.720. The van der Waals surface area contributed by atoms with Gasteiger partial charge in [-0.15, -0.1) is 0 Å². The molecule has 1 unspecified atom stereocenters. The number of methoxy groups -OCH3 is 2. The number of ether oxygens (including phenoxy) is 2. The van der Waals surface area contributed by atoms with Crippen LogP contribution in [-0.4, -0.2) is 75.0 Å². The number of likely N-dealkylation sites (tertiary alicyclic amines) is 1. The zero-order chi connectivity index (χ0) is 23.6. The maximum Gasteiger partial charge on any atom is 0.241 e. The Labute approximate surface area is 198 Å². The van der Waals surface area contributed by atoms with Crippen LogP contribution in [0.15, 0.2) is 18.2 Å². The third kappa shape index (κ3) is 5.83. The fourth-order valence-corrected chi connectivity index (χ4v) is 6.67.